The molecule has 4 nitrogen and oxygen atoms in total. The number of methoxy groups -OCH3 is 2. The molecule has 1 aliphatic heterocycles. The number of quaternary nitrogens is 2. The van der Waals surface area contributed by atoms with Gasteiger partial charge in [0.05, 0.1) is 20.8 Å². The zero-order chi connectivity index (χ0) is 18.0. The van der Waals surface area contributed by atoms with Crippen molar-refractivity contribution in [2.24, 2.45) is 0 Å². The van der Waals surface area contributed by atoms with Crippen LogP contribution >= 0.6 is 0 Å². The maximum absolute atomic E-state index is 14.1. The molecule has 3 rings (SSSR count). The van der Waals surface area contributed by atoms with Gasteiger partial charge in [0, 0.05) is 17.5 Å². The van der Waals surface area contributed by atoms with Crippen LogP contribution < -0.4 is 20.1 Å². The van der Waals surface area contributed by atoms with Crippen LogP contribution in [0.1, 0.15) is 29.7 Å². The zero-order valence-electron chi connectivity index (χ0n) is 15.1. The topological polar surface area (TPSA) is 50.5 Å². The van der Waals surface area contributed by atoms with E-state index in [2.05, 4.69) is 24.8 Å². The number of fused-ring (bicyclic) bond motifs is 1. The van der Waals surface area contributed by atoms with Crippen LogP contribution in [0.4, 0.5) is 4.39 Å². The van der Waals surface area contributed by atoms with Gasteiger partial charge in [-0.3, -0.25) is 0 Å². The average molecular weight is 346 g/mol. The van der Waals surface area contributed by atoms with Crippen LogP contribution in [0.2, 0.25) is 0 Å². The lowest BCUT2D eigenvalue weighted by atomic mass is 9.88. The Morgan fingerprint density at radius 3 is 2.52 bits per heavy atom. The second-order valence-corrected chi connectivity index (χ2v) is 6.79. The monoisotopic (exact) mass is 346 g/mol. The van der Waals surface area contributed by atoms with Gasteiger partial charge in [0.25, 0.3) is 0 Å². The van der Waals surface area contributed by atoms with E-state index in [1.54, 1.807) is 20.3 Å². The Balaban J connectivity index is 1.98. The first-order valence-electron chi connectivity index (χ1n) is 8.71. The summed E-state index contributed by atoms with van der Waals surface area (Å²) in [5.74, 6) is 1.36. The fraction of sp³-hybridized carbons (Fsp3) is 0.400. The number of hydrogen-bond donors (Lipinski definition) is 2. The Bertz CT molecular complexity index is 748. The van der Waals surface area contributed by atoms with Crippen LogP contribution in [0.5, 0.6) is 11.5 Å². The number of ether oxygens (including phenoxy) is 2. The first-order valence-corrected chi connectivity index (χ1v) is 8.71. The maximum Gasteiger partial charge on any atom is 0.166 e. The summed E-state index contributed by atoms with van der Waals surface area (Å²) < 4.78 is 25.0. The van der Waals surface area contributed by atoms with Crippen LogP contribution in [0.3, 0.4) is 0 Å². The molecule has 4 N–H and O–H groups in total. The Labute approximate surface area is 148 Å². The van der Waals surface area contributed by atoms with E-state index in [1.807, 2.05) is 12.1 Å². The van der Waals surface area contributed by atoms with E-state index in [4.69, 9.17) is 9.47 Å². The molecule has 5 heteroatoms. The molecule has 2 aromatic rings. The smallest absolute Gasteiger partial charge is 0.166 e. The van der Waals surface area contributed by atoms with E-state index < -0.39 is 0 Å². The van der Waals surface area contributed by atoms with Crippen LogP contribution in [0, 0.1) is 5.82 Å². The molecule has 25 heavy (non-hydrogen) atoms. The Kier molecular flexibility index (Phi) is 5.25. The molecule has 0 bridgehead atoms. The summed E-state index contributed by atoms with van der Waals surface area (Å²) in [4.78, 5) is 1.34. The second-order valence-electron chi connectivity index (χ2n) is 6.79. The highest BCUT2D eigenvalue weighted by Gasteiger charge is 2.37. The standard InChI is InChI=1S/C20H25FN2O2/c1-13(22)20-16-11-19(25-3)18(24-2)10-14(16)8-9-23(20)12-15-6-4-5-7-17(15)21/h4-7,10-11,13,20H,8-9,12,22H2,1-3H3/p+2/t13-,20+/m1/s1. The predicted molar refractivity (Wildman–Crippen MR) is 94.3 cm³/mol. The van der Waals surface area contributed by atoms with Crippen molar-refractivity contribution in [2.75, 3.05) is 20.8 Å². The van der Waals surface area contributed by atoms with E-state index in [0.29, 0.717) is 6.54 Å². The van der Waals surface area contributed by atoms with Gasteiger partial charge < -0.3 is 20.1 Å². The fourth-order valence-corrected chi connectivity index (χ4v) is 3.91. The highest BCUT2D eigenvalue weighted by Crippen LogP contribution is 2.34. The Morgan fingerprint density at radius 2 is 1.88 bits per heavy atom. The molecule has 0 aromatic heterocycles. The van der Waals surface area contributed by atoms with Gasteiger partial charge in [-0.25, -0.2) is 4.39 Å². The summed E-state index contributed by atoms with van der Waals surface area (Å²) in [5.41, 5.74) is 7.55. The molecule has 0 saturated heterocycles. The normalized spacial score (nSPS) is 20.7. The quantitative estimate of drug-likeness (QED) is 0.854. The van der Waals surface area contributed by atoms with Crippen LogP contribution in [-0.4, -0.2) is 26.8 Å². The van der Waals surface area contributed by atoms with E-state index in [9.17, 15) is 4.39 Å². The fourth-order valence-electron chi connectivity index (χ4n) is 3.91. The molecule has 0 radical (unpaired) electrons. The lowest BCUT2D eigenvalue weighted by Gasteiger charge is -2.35. The minimum Gasteiger partial charge on any atom is -0.493 e. The van der Waals surface area contributed by atoms with Gasteiger partial charge in [0.1, 0.15) is 18.4 Å². The minimum atomic E-state index is -0.136. The Morgan fingerprint density at radius 1 is 1.20 bits per heavy atom. The molecule has 3 atom stereocenters. The van der Waals surface area contributed by atoms with E-state index in [1.165, 1.54) is 22.1 Å². The van der Waals surface area contributed by atoms with Crippen molar-refractivity contribution in [1.29, 1.82) is 0 Å². The van der Waals surface area contributed by atoms with Crippen molar-refractivity contribution in [3.05, 3.63) is 58.9 Å². The van der Waals surface area contributed by atoms with Gasteiger partial charge in [0.15, 0.2) is 17.5 Å². The molecule has 2 aromatic carbocycles. The molecule has 0 saturated carbocycles. The third kappa shape index (κ3) is 3.48. The van der Waals surface area contributed by atoms with Gasteiger partial charge in [-0.1, -0.05) is 18.2 Å². The second kappa shape index (κ2) is 7.42. The van der Waals surface area contributed by atoms with Crippen molar-refractivity contribution in [3.8, 4) is 11.5 Å². The van der Waals surface area contributed by atoms with Crippen LogP contribution in [-0.2, 0) is 13.0 Å². The molecule has 134 valence electrons. The van der Waals surface area contributed by atoms with Crippen molar-refractivity contribution < 1.29 is 24.5 Å². The molecule has 0 fully saturated rings. The first-order chi connectivity index (χ1) is 12.0. The molecule has 1 heterocycles. The number of nitrogens with one attached hydrogen (secondary N) is 1. The summed E-state index contributed by atoms with van der Waals surface area (Å²) in [6, 6.07) is 11.6. The summed E-state index contributed by atoms with van der Waals surface area (Å²) >= 11 is 0. The van der Waals surface area contributed by atoms with E-state index in [0.717, 1.165) is 30.0 Å². The SMILES string of the molecule is COc1cc2c(cc1OC)[C@H]([C@@H](C)[NH3+])[NH+](Cc1ccccc1F)CC2. The molecular weight excluding hydrogens is 319 g/mol. The predicted octanol–water partition coefficient (Wildman–Crippen LogP) is 1.16. The molecule has 1 unspecified atom stereocenters. The summed E-state index contributed by atoms with van der Waals surface area (Å²) in [7, 11) is 3.31. The largest absolute Gasteiger partial charge is 0.493 e. The summed E-state index contributed by atoms with van der Waals surface area (Å²) in [6.07, 6.45) is 0.933. The van der Waals surface area contributed by atoms with Crippen molar-refractivity contribution in [3.63, 3.8) is 0 Å². The average Bonchev–Trinajstić information content (AvgIpc) is 2.61. The summed E-state index contributed by atoms with van der Waals surface area (Å²) in [6.45, 7) is 3.73. The van der Waals surface area contributed by atoms with Gasteiger partial charge in [-0.15, -0.1) is 0 Å². The number of benzene rings is 2. The third-order valence-corrected chi connectivity index (χ3v) is 5.08. The van der Waals surface area contributed by atoms with E-state index in [-0.39, 0.29) is 17.9 Å². The molecule has 0 spiro atoms. The summed E-state index contributed by atoms with van der Waals surface area (Å²) in [5, 5.41) is 0. The maximum atomic E-state index is 14.1. The van der Waals surface area contributed by atoms with Crippen molar-refractivity contribution in [1.82, 2.24) is 0 Å². The van der Waals surface area contributed by atoms with Gasteiger partial charge >= 0.3 is 0 Å². The number of hydrogen-bond acceptors (Lipinski definition) is 2. The van der Waals surface area contributed by atoms with Crippen LogP contribution in [0.25, 0.3) is 0 Å². The molecular formula is C20H27FN2O2+2. The third-order valence-electron chi connectivity index (χ3n) is 5.08. The van der Waals surface area contributed by atoms with Crippen molar-refractivity contribution >= 4 is 0 Å². The minimum absolute atomic E-state index is 0.136. The van der Waals surface area contributed by atoms with Gasteiger partial charge in [-0.2, -0.15) is 0 Å². The van der Waals surface area contributed by atoms with Gasteiger partial charge in [-0.05, 0) is 30.7 Å². The molecule has 1 aliphatic rings. The highest BCUT2D eigenvalue weighted by molar-refractivity contribution is 5.49. The zero-order valence-corrected chi connectivity index (χ0v) is 15.1. The van der Waals surface area contributed by atoms with Gasteiger partial charge in [0.2, 0.25) is 0 Å². The first kappa shape index (κ1) is 17.7. The molecule has 0 amide bonds. The van der Waals surface area contributed by atoms with Crippen LogP contribution in [0.15, 0.2) is 36.4 Å². The molecule has 0 aliphatic carbocycles. The lowest BCUT2D eigenvalue weighted by Crippen LogP contribution is -3.14. The van der Waals surface area contributed by atoms with E-state index >= 15 is 0 Å². The highest BCUT2D eigenvalue weighted by atomic mass is 19.1. The van der Waals surface area contributed by atoms with Crippen molar-refractivity contribution in [2.45, 2.75) is 32.0 Å². The lowest BCUT2D eigenvalue weighted by molar-refractivity contribution is -0.957. The number of rotatable bonds is 5. The Hall–Kier alpha value is -2.11. The number of halogens is 1.